The lowest BCUT2D eigenvalue weighted by Gasteiger charge is -2.12. The molecule has 1 saturated heterocycles. The molecule has 1 atom stereocenters. The van der Waals surface area contributed by atoms with Crippen LogP contribution in [0.2, 0.25) is 0 Å². The third-order valence-electron chi connectivity index (χ3n) is 4.61. The van der Waals surface area contributed by atoms with Gasteiger partial charge in [-0.15, -0.1) is 10.2 Å². The molecule has 5 nitrogen and oxygen atoms in total. The van der Waals surface area contributed by atoms with Gasteiger partial charge < -0.3 is 9.47 Å². The van der Waals surface area contributed by atoms with E-state index in [1.165, 1.54) is 0 Å². The summed E-state index contributed by atoms with van der Waals surface area (Å²) in [6.07, 6.45) is 1.11. The quantitative estimate of drug-likeness (QED) is 0.453. The molecule has 1 unspecified atom stereocenters. The Morgan fingerprint density at radius 3 is 2.61 bits per heavy atom. The Bertz CT molecular complexity index is 906. The minimum Gasteiger partial charge on any atom is -0.494 e. The Morgan fingerprint density at radius 1 is 1.14 bits per heavy atom. The molecule has 7 heteroatoms. The average Bonchev–Trinajstić information content (AvgIpc) is 3.38. The van der Waals surface area contributed by atoms with Crippen LogP contribution in [0.4, 0.5) is 0 Å². The Morgan fingerprint density at radius 2 is 1.93 bits per heavy atom. The lowest BCUT2D eigenvalue weighted by atomic mass is 10.2. The third kappa shape index (κ3) is 4.42. The van der Waals surface area contributed by atoms with Gasteiger partial charge in [0.25, 0.3) is 0 Å². The van der Waals surface area contributed by atoms with Crippen LogP contribution >= 0.6 is 27.7 Å². The molecule has 1 aliphatic heterocycles. The summed E-state index contributed by atoms with van der Waals surface area (Å²) >= 11 is 5.24. The monoisotopic (exact) mass is 459 g/mol. The standard InChI is InChI=1S/C21H22BrN3O2S/c1-2-27-19-9-7-18(8-10-19)25-20(16-3-5-17(22)6-4-16)23-24-21(25)28-14-15-11-12-26-13-15/h3-10,15H,2,11-14H2,1H3. The smallest absolute Gasteiger partial charge is 0.196 e. The molecule has 0 aliphatic carbocycles. The van der Waals surface area contributed by atoms with Gasteiger partial charge >= 0.3 is 0 Å². The Labute approximate surface area is 177 Å². The summed E-state index contributed by atoms with van der Waals surface area (Å²) in [7, 11) is 0. The van der Waals surface area contributed by atoms with Gasteiger partial charge in [-0.3, -0.25) is 4.57 Å². The molecule has 0 saturated carbocycles. The van der Waals surface area contributed by atoms with Crippen molar-refractivity contribution in [1.29, 1.82) is 0 Å². The van der Waals surface area contributed by atoms with Gasteiger partial charge in [0.05, 0.1) is 13.2 Å². The summed E-state index contributed by atoms with van der Waals surface area (Å²) in [6, 6.07) is 16.2. The van der Waals surface area contributed by atoms with Gasteiger partial charge in [0, 0.05) is 28.1 Å². The van der Waals surface area contributed by atoms with Gasteiger partial charge in [-0.2, -0.15) is 0 Å². The summed E-state index contributed by atoms with van der Waals surface area (Å²) in [4.78, 5) is 0. The van der Waals surface area contributed by atoms with E-state index in [-0.39, 0.29) is 0 Å². The molecule has 1 fully saturated rings. The van der Waals surface area contributed by atoms with Gasteiger partial charge in [0.2, 0.25) is 0 Å². The van der Waals surface area contributed by atoms with Gasteiger partial charge in [-0.25, -0.2) is 0 Å². The number of aromatic nitrogens is 3. The second-order valence-corrected chi connectivity index (χ2v) is 8.52. The summed E-state index contributed by atoms with van der Waals surface area (Å²) in [6.45, 7) is 4.34. The molecule has 0 radical (unpaired) electrons. The Kier molecular flexibility index (Phi) is 6.34. The van der Waals surface area contributed by atoms with Crippen LogP contribution in [-0.4, -0.2) is 40.3 Å². The molecular weight excluding hydrogens is 438 g/mol. The molecule has 2 aromatic carbocycles. The lowest BCUT2D eigenvalue weighted by Crippen LogP contribution is -2.05. The van der Waals surface area contributed by atoms with E-state index < -0.39 is 0 Å². The first-order chi connectivity index (χ1) is 13.7. The number of nitrogens with zero attached hydrogens (tertiary/aromatic N) is 3. The normalized spacial score (nSPS) is 16.4. The maximum absolute atomic E-state index is 5.59. The highest BCUT2D eigenvalue weighted by Crippen LogP contribution is 2.31. The molecule has 1 aliphatic rings. The number of halogens is 1. The van der Waals surface area contributed by atoms with E-state index in [1.807, 2.05) is 31.2 Å². The predicted octanol–water partition coefficient (Wildman–Crippen LogP) is 5.22. The fraction of sp³-hybridized carbons (Fsp3) is 0.333. The third-order valence-corrected chi connectivity index (χ3v) is 6.30. The van der Waals surface area contributed by atoms with Crippen molar-refractivity contribution in [1.82, 2.24) is 14.8 Å². The average molecular weight is 460 g/mol. The van der Waals surface area contributed by atoms with Crippen molar-refractivity contribution in [3.63, 3.8) is 0 Å². The van der Waals surface area contributed by atoms with Crippen molar-refractivity contribution in [2.75, 3.05) is 25.6 Å². The van der Waals surface area contributed by atoms with Crippen molar-refractivity contribution in [3.8, 4) is 22.8 Å². The minimum absolute atomic E-state index is 0.576. The number of thioether (sulfide) groups is 1. The van der Waals surface area contributed by atoms with E-state index in [1.54, 1.807) is 11.8 Å². The first-order valence-electron chi connectivity index (χ1n) is 9.39. The van der Waals surface area contributed by atoms with Crippen molar-refractivity contribution >= 4 is 27.7 Å². The van der Waals surface area contributed by atoms with Crippen molar-refractivity contribution < 1.29 is 9.47 Å². The highest BCUT2D eigenvalue weighted by Gasteiger charge is 2.20. The van der Waals surface area contributed by atoms with Crippen molar-refractivity contribution in [2.24, 2.45) is 5.92 Å². The SMILES string of the molecule is CCOc1ccc(-n2c(SCC3CCOC3)nnc2-c2ccc(Br)cc2)cc1. The maximum Gasteiger partial charge on any atom is 0.196 e. The van der Waals surface area contributed by atoms with E-state index >= 15 is 0 Å². The number of hydrogen-bond acceptors (Lipinski definition) is 5. The van der Waals surface area contributed by atoms with E-state index in [0.717, 1.165) is 57.8 Å². The largest absolute Gasteiger partial charge is 0.494 e. The molecule has 1 aromatic heterocycles. The zero-order chi connectivity index (χ0) is 19.3. The highest BCUT2D eigenvalue weighted by atomic mass is 79.9. The number of hydrogen-bond donors (Lipinski definition) is 0. The van der Waals surface area contributed by atoms with Gasteiger partial charge in [0.1, 0.15) is 5.75 Å². The van der Waals surface area contributed by atoms with Crippen LogP contribution in [0.3, 0.4) is 0 Å². The Balaban J connectivity index is 1.68. The van der Waals surface area contributed by atoms with Crippen molar-refractivity contribution in [2.45, 2.75) is 18.5 Å². The van der Waals surface area contributed by atoms with Crippen LogP contribution in [0.1, 0.15) is 13.3 Å². The maximum atomic E-state index is 5.59. The van der Waals surface area contributed by atoms with E-state index in [0.29, 0.717) is 12.5 Å². The van der Waals surface area contributed by atoms with Crippen LogP contribution in [0, 0.1) is 5.92 Å². The lowest BCUT2D eigenvalue weighted by molar-refractivity contribution is 0.189. The molecule has 4 rings (SSSR count). The van der Waals surface area contributed by atoms with Crippen LogP contribution < -0.4 is 4.74 Å². The molecule has 0 N–H and O–H groups in total. The summed E-state index contributed by atoms with van der Waals surface area (Å²) in [5.74, 6) is 3.26. The summed E-state index contributed by atoms with van der Waals surface area (Å²) in [5.41, 5.74) is 2.05. The Hall–Kier alpha value is -1.83. The molecule has 146 valence electrons. The fourth-order valence-electron chi connectivity index (χ4n) is 3.15. The highest BCUT2D eigenvalue weighted by molar-refractivity contribution is 9.10. The van der Waals surface area contributed by atoms with E-state index in [4.69, 9.17) is 9.47 Å². The molecular formula is C21H22BrN3O2S. The molecule has 28 heavy (non-hydrogen) atoms. The predicted molar refractivity (Wildman–Crippen MR) is 115 cm³/mol. The molecule has 0 amide bonds. The zero-order valence-corrected chi connectivity index (χ0v) is 18.1. The van der Waals surface area contributed by atoms with Crippen LogP contribution in [0.5, 0.6) is 5.75 Å². The molecule has 3 aromatic rings. The fourth-order valence-corrected chi connectivity index (χ4v) is 4.48. The first kappa shape index (κ1) is 19.5. The number of benzene rings is 2. The van der Waals surface area contributed by atoms with Gasteiger partial charge in [-0.05, 0) is 55.7 Å². The molecule has 0 spiro atoms. The van der Waals surface area contributed by atoms with E-state index in [9.17, 15) is 0 Å². The molecule has 2 heterocycles. The first-order valence-corrected chi connectivity index (χ1v) is 11.2. The topological polar surface area (TPSA) is 49.2 Å². The summed E-state index contributed by atoms with van der Waals surface area (Å²) < 4.78 is 14.3. The second kappa shape index (κ2) is 9.11. The minimum atomic E-state index is 0.576. The van der Waals surface area contributed by atoms with Crippen molar-refractivity contribution in [3.05, 3.63) is 53.0 Å². The van der Waals surface area contributed by atoms with Gasteiger partial charge in [0.15, 0.2) is 11.0 Å². The van der Waals surface area contributed by atoms with Crippen LogP contribution in [0.25, 0.3) is 17.1 Å². The van der Waals surface area contributed by atoms with E-state index in [2.05, 4.69) is 55.0 Å². The summed E-state index contributed by atoms with van der Waals surface area (Å²) in [5, 5.41) is 9.91. The second-order valence-electron chi connectivity index (χ2n) is 6.62. The van der Waals surface area contributed by atoms with Crippen LogP contribution in [0.15, 0.2) is 58.2 Å². The zero-order valence-electron chi connectivity index (χ0n) is 15.7. The number of ether oxygens (including phenoxy) is 2. The van der Waals surface area contributed by atoms with Gasteiger partial charge in [-0.1, -0.05) is 39.8 Å². The number of rotatable bonds is 7. The van der Waals surface area contributed by atoms with Crippen LogP contribution in [-0.2, 0) is 4.74 Å². The molecule has 0 bridgehead atoms.